The first-order valence-corrected chi connectivity index (χ1v) is 7.50. The van der Waals surface area contributed by atoms with Crippen molar-refractivity contribution in [3.8, 4) is 5.75 Å². The van der Waals surface area contributed by atoms with Gasteiger partial charge < -0.3 is 9.64 Å². The highest BCUT2D eigenvalue weighted by atomic mass is 32.1. The predicted molar refractivity (Wildman–Crippen MR) is 81.8 cm³/mol. The molecule has 114 valence electrons. The average molecular weight is 317 g/mol. The molecule has 2 aromatic heterocycles. The van der Waals surface area contributed by atoms with Gasteiger partial charge in [0, 0.05) is 24.7 Å². The molecule has 1 N–H and O–H groups in total. The highest BCUT2D eigenvalue weighted by Crippen LogP contribution is 2.23. The van der Waals surface area contributed by atoms with Gasteiger partial charge in [0.2, 0.25) is 0 Å². The van der Waals surface area contributed by atoms with Crippen molar-refractivity contribution in [1.82, 2.24) is 30.2 Å². The second kappa shape index (κ2) is 6.94. The van der Waals surface area contributed by atoms with Gasteiger partial charge in [-0.1, -0.05) is 15.8 Å². The van der Waals surface area contributed by atoms with Crippen molar-refractivity contribution in [2.24, 2.45) is 0 Å². The highest BCUT2D eigenvalue weighted by molar-refractivity contribution is 7.05. The molecule has 0 amide bonds. The number of H-pyrrole nitrogens is 1. The van der Waals surface area contributed by atoms with Gasteiger partial charge in [-0.05, 0) is 23.7 Å². The topological polar surface area (TPSA) is 92.7 Å². The zero-order valence-electron chi connectivity index (χ0n) is 12.0. The van der Waals surface area contributed by atoms with Gasteiger partial charge >= 0.3 is 0 Å². The second-order valence-electron chi connectivity index (χ2n) is 4.58. The number of tetrazole rings is 1. The molecule has 22 heavy (non-hydrogen) atoms. The number of methoxy groups -OCH3 is 1. The van der Waals surface area contributed by atoms with Crippen LogP contribution in [0.2, 0.25) is 0 Å². The molecule has 0 aliphatic carbocycles. The standard InChI is InChI=1S/C13H15N7OS/c1-21-11-4-2-3-10(7-11)20(9-12-8-14-19-22-12)6-5-13-15-17-18-16-13/h2-4,7-8H,5-6,9H2,1H3,(H,15,16,17,18). The fourth-order valence-electron chi connectivity index (χ4n) is 2.08. The average Bonchev–Trinajstić information content (AvgIpc) is 3.25. The van der Waals surface area contributed by atoms with E-state index in [0.29, 0.717) is 12.2 Å². The van der Waals surface area contributed by atoms with Gasteiger partial charge in [-0.3, -0.25) is 0 Å². The van der Waals surface area contributed by atoms with Crippen LogP contribution in [0.3, 0.4) is 0 Å². The molecule has 0 atom stereocenters. The third-order valence-electron chi connectivity index (χ3n) is 3.17. The van der Waals surface area contributed by atoms with Gasteiger partial charge in [0.05, 0.1) is 24.7 Å². The first-order chi connectivity index (χ1) is 10.8. The molecule has 3 rings (SSSR count). The lowest BCUT2D eigenvalue weighted by atomic mass is 10.2. The van der Waals surface area contributed by atoms with E-state index in [-0.39, 0.29) is 0 Å². The molecule has 0 spiro atoms. The van der Waals surface area contributed by atoms with Crippen molar-refractivity contribution in [1.29, 1.82) is 0 Å². The van der Waals surface area contributed by atoms with E-state index in [2.05, 4.69) is 35.1 Å². The fourth-order valence-corrected chi connectivity index (χ4v) is 2.58. The van der Waals surface area contributed by atoms with Crippen LogP contribution < -0.4 is 9.64 Å². The summed E-state index contributed by atoms with van der Waals surface area (Å²) in [5, 5.41) is 17.9. The summed E-state index contributed by atoms with van der Waals surface area (Å²) in [7, 11) is 1.66. The molecule has 0 unspecified atom stereocenters. The van der Waals surface area contributed by atoms with Gasteiger partial charge in [0.1, 0.15) is 5.75 Å². The van der Waals surface area contributed by atoms with E-state index in [1.54, 1.807) is 13.3 Å². The lowest BCUT2D eigenvalue weighted by Gasteiger charge is -2.23. The van der Waals surface area contributed by atoms with Crippen LogP contribution in [0.1, 0.15) is 10.7 Å². The number of rotatable bonds is 7. The van der Waals surface area contributed by atoms with Crippen LogP contribution in [0.25, 0.3) is 0 Å². The second-order valence-corrected chi connectivity index (χ2v) is 5.46. The maximum Gasteiger partial charge on any atom is 0.176 e. The SMILES string of the molecule is COc1cccc(N(CCc2nn[nH]n2)Cc2cnns2)c1. The number of anilines is 1. The maximum absolute atomic E-state index is 5.30. The number of nitrogens with zero attached hydrogens (tertiary/aromatic N) is 6. The van der Waals surface area contributed by atoms with Crippen molar-refractivity contribution < 1.29 is 4.74 Å². The Morgan fingerprint density at radius 1 is 1.36 bits per heavy atom. The van der Waals surface area contributed by atoms with Crippen LogP contribution in [0.4, 0.5) is 5.69 Å². The molecule has 0 aliphatic rings. The van der Waals surface area contributed by atoms with Gasteiger partial charge in [0.25, 0.3) is 0 Å². The normalized spacial score (nSPS) is 10.6. The third-order valence-corrected chi connectivity index (χ3v) is 3.81. The molecule has 0 saturated carbocycles. The minimum Gasteiger partial charge on any atom is -0.497 e. The van der Waals surface area contributed by atoms with Gasteiger partial charge in [-0.15, -0.1) is 15.3 Å². The Hall–Kier alpha value is -2.55. The summed E-state index contributed by atoms with van der Waals surface area (Å²) in [4.78, 5) is 3.31. The molecule has 9 heteroatoms. The summed E-state index contributed by atoms with van der Waals surface area (Å²) in [5.74, 6) is 1.51. The van der Waals surface area contributed by atoms with Crippen molar-refractivity contribution in [3.63, 3.8) is 0 Å². The summed E-state index contributed by atoms with van der Waals surface area (Å²) in [6.07, 6.45) is 2.48. The zero-order valence-corrected chi connectivity index (χ0v) is 12.8. The predicted octanol–water partition coefficient (Wildman–Crippen LogP) is 1.31. The van der Waals surface area contributed by atoms with Crippen LogP contribution >= 0.6 is 11.5 Å². The molecule has 2 heterocycles. The molecule has 0 aliphatic heterocycles. The largest absolute Gasteiger partial charge is 0.497 e. The molecular weight excluding hydrogens is 302 g/mol. The Morgan fingerprint density at radius 2 is 2.32 bits per heavy atom. The monoisotopic (exact) mass is 317 g/mol. The van der Waals surface area contributed by atoms with Crippen molar-refractivity contribution >= 4 is 17.2 Å². The molecule has 1 aromatic carbocycles. The Bertz CT molecular complexity index is 686. The molecule has 0 saturated heterocycles. The number of nitrogens with one attached hydrogen (secondary N) is 1. The quantitative estimate of drug-likeness (QED) is 0.702. The van der Waals surface area contributed by atoms with E-state index < -0.39 is 0 Å². The zero-order chi connectivity index (χ0) is 15.2. The summed E-state index contributed by atoms with van der Waals surface area (Å²) < 4.78 is 9.22. The number of benzene rings is 1. The lowest BCUT2D eigenvalue weighted by Crippen LogP contribution is -2.25. The number of aromatic amines is 1. The highest BCUT2D eigenvalue weighted by Gasteiger charge is 2.11. The summed E-state index contributed by atoms with van der Waals surface area (Å²) in [5.41, 5.74) is 1.07. The molecule has 0 radical (unpaired) electrons. The first-order valence-electron chi connectivity index (χ1n) is 6.72. The third kappa shape index (κ3) is 3.55. The summed E-state index contributed by atoms with van der Waals surface area (Å²) in [6.45, 7) is 1.48. The smallest absolute Gasteiger partial charge is 0.176 e. The maximum atomic E-state index is 5.30. The van der Waals surface area contributed by atoms with Gasteiger partial charge in [-0.25, -0.2) is 0 Å². The Kier molecular flexibility index (Phi) is 4.54. The lowest BCUT2D eigenvalue weighted by molar-refractivity contribution is 0.414. The Labute approximate surface area is 131 Å². The van der Waals surface area contributed by atoms with E-state index in [9.17, 15) is 0 Å². The number of hydrogen-bond acceptors (Lipinski definition) is 8. The fraction of sp³-hybridized carbons (Fsp3) is 0.308. The van der Waals surface area contributed by atoms with Crippen LogP contribution in [0, 0.1) is 0 Å². The van der Waals surface area contributed by atoms with Crippen molar-refractivity contribution in [2.75, 3.05) is 18.6 Å². The first kappa shape index (κ1) is 14.4. The van der Waals surface area contributed by atoms with E-state index in [0.717, 1.165) is 29.4 Å². The van der Waals surface area contributed by atoms with E-state index in [1.807, 2.05) is 24.3 Å². The van der Waals surface area contributed by atoms with Gasteiger partial charge in [-0.2, -0.15) is 5.21 Å². The molecule has 8 nitrogen and oxygen atoms in total. The van der Waals surface area contributed by atoms with Crippen LogP contribution in [-0.2, 0) is 13.0 Å². The van der Waals surface area contributed by atoms with E-state index in [1.165, 1.54) is 11.5 Å². The Balaban J connectivity index is 1.77. The molecule has 0 bridgehead atoms. The minimum absolute atomic E-state index is 0.690. The summed E-state index contributed by atoms with van der Waals surface area (Å²) in [6, 6.07) is 7.95. The molecular formula is C13H15N7OS. The number of hydrogen-bond donors (Lipinski definition) is 1. The van der Waals surface area contributed by atoms with E-state index in [4.69, 9.17) is 4.74 Å². The summed E-state index contributed by atoms with van der Waals surface area (Å²) >= 11 is 1.40. The van der Waals surface area contributed by atoms with Crippen LogP contribution in [0.5, 0.6) is 5.75 Å². The van der Waals surface area contributed by atoms with Crippen LogP contribution in [-0.4, -0.2) is 43.9 Å². The van der Waals surface area contributed by atoms with Crippen LogP contribution in [0.15, 0.2) is 30.5 Å². The minimum atomic E-state index is 0.690. The van der Waals surface area contributed by atoms with Crippen molar-refractivity contribution in [2.45, 2.75) is 13.0 Å². The van der Waals surface area contributed by atoms with Gasteiger partial charge in [0.15, 0.2) is 5.82 Å². The molecule has 0 fully saturated rings. The number of aromatic nitrogens is 6. The van der Waals surface area contributed by atoms with E-state index >= 15 is 0 Å². The number of ether oxygens (including phenoxy) is 1. The van der Waals surface area contributed by atoms with Crippen molar-refractivity contribution in [3.05, 3.63) is 41.2 Å². The molecule has 3 aromatic rings. The Morgan fingerprint density at radius 3 is 3.05 bits per heavy atom.